The predicted molar refractivity (Wildman–Crippen MR) is 115 cm³/mol. The van der Waals surface area contributed by atoms with E-state index in [1.807, 2.05) is 44.2 Å². The molecule has 0 heterocycles. The summed E-state index contributed by atoms with van der Waals surface area (Å²) < 4.78 is 5.23. The van der Waals surface area contributed by atoms with Gasteiger partial charge in [-0.15, -0.1) is 0 Å². The van der Waals surface area contributed by atoms with Gasteiger partial charge < -0.3 is 20.5 Å². The second-order valence-corrected chi connectivity index (χ2v) is 8.60. The van der Waals surface area contributed by atoms with Crippen LogP contribution in [0.15, 0.2) is 30.3 Å². The van der Waals surface area contributed by atoms with E-state index in [9.17, 15) is 14.4 Å². The van der Waals surface area contributed by atoms with E-state index in [-0.39, 0.29) is 19.1 Å². The van der Waals surface area contributed by atoms with Crippen molar-refractivity contribution in [2.75, 3.05) is 13.2 Å². The number of aliphatic hydroxyl groups excluding tert-OH is 1. The maximum Gasteiger partial charge on any atom is 0.408 e. The van der Waals surface area contributed by atoms with Crippen LogP contribution in [0.2, 0.25) is 0 Å². The lowest BCUT2D eigenvalue weighted by Crippen LogP contribution is -2.54. The molecule has 0 aliphatic carbocycles. The van der Waals surface area contributed by atoms with Gasteiger partial charge in [0, 0.05) is 6.54 Å². The molecule has 0 aromatic heterocycles. The lowest BCUT2D eigenvalue weighted by molar-refractivity contribution is -0.133. The van der Waals surface area contributed by atoms with Crippen molar-refractivity contribution in [2.24, 2.45) is 5.92 Å². The van der Waals surface area contributed by atoms with Crippen LogP contribution >= 0.6 is 0 Å². The smallest absolute Gasteiger partial charge is 0.408 e. The molecule has 0 aliphatic rings. The van der Waals surface area contributed by atoms with Crippen molar-refractivity contribution in [1.82, 2.24) is 16.0 Å². The van der Waals surface area contributed by atoms with E-state index in [0.29, 0.717) is 12.8 Å². The summed E-state index contributed by atoms with van der Waals surface area (Å²) in [5.41, 5.74) is 0.217. The first-order valence-electron chi connectivity index (χ1n) is 10.2. The van der Waals surface area contributed by atoms with Gasteiger partial charge in [0.15, 0.2) is 0 Å². The molecular weight excluding hydrogens is 386 g/mol. The molecule has 0 aliphatic heterocycles. The molecule has 0 saturated heterocycles. The summed E-state index contributed by atoms with van der Waals surface area (Å²) in [7, 11) is 0. The van der Waals surface area contributed by atoms with Crippen LogP contribution < -0.4 is 16.0 Å². The molecule has 0 radical (unpaired) electrons. The van der Waals surface area contributed by atoms with Gasteiger partial charge in [-0.2, -0.15) is 0 Å². The number of hydrogen-bond acceptors (Lipinski definition) is 6. The van der Waals surface area contributed by atoms with Gasteiger partial charge in [0.05, 0.1) is 12.6 Å². The Balaban J connectivity index is 2.83. The summed E-state index contributed by atoms with van der Waals surface area (Å²) in [6.45, 7) is 9.10. The number of imide groups is 1. The molecule has 1 aromatic rings. The molecule has 4 N–H and O–H groups in total. The molecule has 3 amide bonds. The monoisotopic (exact) mass is 421 g/mol. The largest absolute Gasteiger partial charge is 0.444 e. The molecule has 0 fully saturated rings. The number of nitrogens with one attached hydrogen (secondary N) is 3. The Kier molecular flexibility index (Phi) is 10.5. The zero-order valence-electron chi connectivity index (χ0n) is 18.5. The highest BCUT2D eigenvalue weighted by Crippen LogP contribution is 2.10. The molecular formula is C22H35N3O5. The average molecular weight is 422 g/mol. The van der Waals surface area contributed by atoms with E-state index in [4.69, 9.17) is 9.84 Å². The van der Waals surface area contributed by atoms with Gasteiger partial charge in [0.25, 0.3) is 0 Å². The van der Waals surface area contributed by atoms with Gasteiger partial charge >= 0.3 is 6.09 Å². The molecule has 30 heavy (non-hydrogen) atoms. The van der Waals surface area contributed by atoms with Crippen LogP contribution in [0.5, 0.6) is 0 Å². The Labute approximate surface area is 178 Å². The third kappa shape index (κ3) is 10.4. The molecule has 0 saturated carbocycles. The maximum atomic E-state index is 12.7. The topological polar surface area (TPSA) is 117 Å². The molecule has 8 nitrogen and oxygen atoms in total. The van der Waals surface area contributed by atoms with E-state index in [1.165, 1.54) is 0 Å². The highest BCUT2D eigenvalue weighted by molar-refractivity contribution is 6.01. The maximum absolute atomic E-state index is 12.7. The third-order valence-electron chi connectivity index (χ3n) is 4.06. The van der Waals surface area contributed by atoms with E-state index < -0.39 is 35.6 Å². The highest BCUT2D eigenvalue weighted by Gasteiger charge is 2.28. The number of ether oxygens (including phenoxy) is 1. The molecule has 168 valence electrons. The van der Waals surface area contributed by atoms with Crippen LogP contribution in [0.3, 0.4) is 0 Å². The van der Waals surface area contributed by atoms with Gasteiger partial charge in [-0.05, 0) is 45.1 Å². The molecule has 2 atom stereocenters. The van der Waals surface area contributed by atoms with Crippen molar-refractivity contribution >= 4 is 17.9 Å². The number of hydrogen-bond donors (Lipinski definition) is 4. The zero-order chi connectivity index (χ0) is 22.7. The standard InChI is InChI=1S/C22H35N3O5/c1-15(2)13-18(24-21(29)30-22(3,4)5)20(28)25-19(27)17(23-11-12-26)14-16-9-7-6-8-10-16/h6-10,15,17-18,23,26H,11-14H2,1-5H3,(H,24,29)(H,25,27,28). The van der Waals surface area contributed by atoms with Gasteiger partial charge in [-0.3, -0.25) is 14.9 Å². The fourth-order valence-corrected chi connectivity index (χ4v) is 2.79. The molecule has 0 bridgehead atoms. The van der Waals surface area contributed by atoms with Gasteiger partial charge in [0.1, 0.15) is 11.6 Å². The number of carbonyl (C=O) groups excluding carboxylic acids is 3. The van der Waals surface area contributed by atoms with E-state index >= 15 is 0 Å². The SMILES string of the molecule is CC(C)CC(NC(=O)OC(C)(C)C)C(=O)NC(=O)C(Cc1ccccc1)NCCO. The van der Waals surface area contributed by atoms with Crippen molar-refractivity contribution in [3.63, 3.8) is 0 Å². The molecule has 1 aromatic carbocycles. The Hall–Kier alpha value is -2.45. The van der Waals surface area contributed by atoms with E-state index in [2.05, 4.69) is 16.0 Å². The normalized spacial score (nSPS) is 13.4. The summed E-state index contributed by atoms with van der Waals surface area (Å²) in [6.07, 6.45) is -0.00457. The molecule has 8 heteroatoms. The predicted octanol–water partition coefficient (Wildman–Crippen LogP) is 1.76. The van der Waals surface area contributed by atoms with Crippen molar-refractivity contribution in [2.45, 2.75) is 65.1 Å². The van der Waals surface area contributed by atoms with Crippen LogP contribution in [-0.4, -0.2) is 53.9 Å². The van der Waals surface area contributed by atoms with Gasteiger partial charge in [0.2, 0.25) is 11.8 Å². The number of alkyl carbamates (subject to hydrolysis) is 1. The fourth-order valence-electron chi connectivity index (χ4n) is 2.79. The summed E-state index contributed by atoms with van der Waals surface area (Å²) in [6, 6.07) is 7.77. The van der Waals surface area contributed by atoms with Crippen LogP contribution in [0, 0.1) is 5.92 Å². The molecule has 2 unspecified atom stereocenters. The highest BCUT2D eigenvalue weighted by atomic mass is 16.6. The number of amides is 3. The van der Waals surface area contributed by atoms with Crippen molar-refractivity contribution in [3.05, 3.63) is 35.9 Å². The lowest BCUT2D eigenvalue weighted by atomic mass is 10.0. The summed E-state index contributed by atoms with van der Waals surface area (Å²) >= 11 is 0. The first-order chi connectivity index (χ1) is 14.0. The minimum Gasteiger partial charge on any atom is -0.444 e. The lowest BCUT2D eigenvalue weighted by Gasteiger charge is -2.25. The molecule has 1 rings (SSSR count). The summed E-state index contributed by atoms with van der Waals surface area (Å²) in [4.78, 5) is 37.6. The van der Waals surface area contributed by atoms with Crippen LogP contribution in [0.1, 0.15) is 46.6 Å². The van der Waals surface area contributed by atoms with Crippen LogP contribution in [0.4, 0.5) is 4.79 Å². The number of rotatable bonds is 10. The quantitative estimate of drug-likeness (QED) is 0.457. The van der Waals surface area contributed by atoms with Crippen molar-refractivity contribution in [1.29, 1.82) is 0 Å². The van der Waals surface area contributed by atoms with Crippen molar-refractivity contribution in [3.8, 4) is 0 Å². The number of aliphatic hydroxyl groups is 1. The number of carbonyl (C=O) groups is 3. The van der Waals surface area contributed by atoms with Gasteiger partial charge in [-0.1, -0.05) is 44.2 Å². The minimum atomic E-state index is -0.904. The number of benzene rings is 1. The van der Waals surface area contributed by atoms with Crippen LogP contribution in [0.25, 0.3) is 0 Å². The third-order valence-corrected chi connectivity index (χ3v) is 4.06. The fraction of sp³-hybridized carbons (Fsp3) is 0.591. The minimum absolute atomic E-state index is 0.110. The second kappa shape index (κ2) is 12.3. The van der Waals surface area contributed by atoms with Crippen LogP contribution in [-0.2, 0) is 20.7 Å². The van der Waals surface area contributed by atoms with Crippen molar-refractivity contribution < 1.29 is 24.2 Å². The Morgan fingerprint density at radius 2 is 1.63 bits per heavy atom. The molecule has 0 spiro atoms. The Bertz CT molecular complexity index is 686. The summed E-state index contributed by atoms with van der Waals surface area (Å²) in [5, 5.41) is 17.0. The first kappa shape index (κ1) is 25.6. The summed E-state index contributed by atoms with van der Waals surface area (Å²) in [5.74, 6) is -1.00. The average Bonchev–Trinajstić information content (AvgIpc) is 2.63. The Morgan fingerprint density at radius 1 is 1.03 bits per heavy atom. The van der Waals surface area contributed by atoms with E-state index in [0.717, 1.165) is 5.56 Å². The first-order valence-corrected chi connectivity index (χ1v) is 10.2. The van der Waals surface area contributed by atoms with Gasteiger partial charge in [-0.25, -0.2) is 4.79 Å². The zero-order valence-corrected chi connectivity index (χ0v) is 18.5. The Morgan fingerprint density at radius 3 is 2.17 bits per heavy atom. The van der Waals surface area contributed by atoms with E-state index in [1.54, 1.807) is 20.8 Å². The second-order valence-electron chi connectivity index (χ2n) is 8.60.